The third-order valence-corrected chi connectivity index (χ3v) is 8.92. The Morgan fingerprint density at radius 1 is 0.531 bits per heavy atom. The molecule has 3 N–H and O–H groups in total. The fourth-order valence-electron chi connectivity index (χ4n) is 6.53. The lowest BCUT2D eigenvalue weighted by atomic mass is 9.84. The monoisotopic (exact) mass is 630 g/mol. The number of rotatable bonds is 7. The van der Waals surface area contributed by atoms with Gasteiger partial charge in [-0.3, -0.25) is 0 Å². The number of hydrogen-bond donors (Lipinski definition) is 2. The second kappa shape index (κ2) is 13.4. The Bertz CT molecular complexity index is 2220. The maximum atomic E-state index is 7.29. The molecule has 7 aromatic rings. The van der Waals surface area contributed by atoms with Gasteiger partial charge in [-0.05, 0) is 34.4 Å². The summed E-state index contributed by atoms with van der Waals surface area (Å²) in [5.41, 5.74) is 20.2. The van der Waals surface area contributed by atoms with Crippen molar-refractivity contribution >= 4 is 23.0 Å². The van der Waals surface area contributed by atoms with Gasteiger partial charge in [0.2, 0.25) is 0 Å². The van der Waals surface area contributed by atoms with E-state index in [1.807, 2.05) is 66.7 Å². The van der Waals surface area contributed by atoms with E-state index >= 15 is 0 Å². The van der Waals surface area contributed by atoms with Gasteiger partial charge in [0.25, 0.3) is 0 Å². The molecule has 8 rings (SSSR count). The second-order valence-electron chi connectivity index (χ2n) is 12.1. The van der Waals surface area contributed by atoms with Crippen LogP contribution in [-0.4, -0.2) is 9.97 Å². The van der Waals surface area contributed by atoms with E-state index in [4.69, 9.17) is 15.7 Å². The molecule has 0 saturated carbocycles. The Morgan fingerprint density at radius 3 is 1.73 bits per heavy atom. The Morgan fingerprint density at radius 2 is 1.08 bits per heavy atom. The molecule has 2 heterocycles. The lowest BCUT2D eigenvalue weighted by molar-refractivity contribution is 0.928. The van der Waals surface area contributed by atoms with Gasteiger partial charge in [0, 0.05) is 33.5 Å². The van der Waals surface area contributed by atoms with E-state index in [0.29, 0.717) is 5.82 Å². The summed E-state index contributed by atoms with van der Waals surface area (Å²) in [5, 5.41) is 3.90. The van der Waals surface area contributed by atoms with E-state index in [1.165, 1.54) is 0 Å². The van der Waals surface area contributed by atoms with Gasteiger partial charge < -0.3 is 11.1 Å². The number of nitrogens with zero attached hydrogens (tertiary/aromatic N) is 2. The zero-order valence-electron chi connectivity index (χ0n) is 26.9. The average molecular weight is 631 g/mol. The summed E-state index contributed by atoms with van der Waals surface area (Å²) in [7, 11) is 0. The SMILES string of the molecule is NC(/C(=C1\NC(c2ccccc2)=Cc2cccc(-c3cc(-c4ccccc4)nc(-c4ccccc4)n3)c21)c1ccccc1)c1ccccc1. The van der Waals surface area contributed by atoms with Crippen LogP contribution in [0.15, 0.2) is 176 Å². The molecule has 4 heteroatoms. The molecule has 49 heavy (non-hydrogen) atoms. The largest absolute Gasteiger partial charge is 0.354 e. The normalized spacial score (nSPS) is 13.9. The minimum absolute atomic E-state index is 0.410. The summed E-state index contributed by atoms with van der Waals surface area (Å²) < 4.78 is 0. The number of hydrogen-bond acceptors (Lipinski definition) is 4. The highest BCUT2D eigenvalue weighted by Crippen LogP contribution is 2.43. The van der Waals surface area contributed by atoms with Gasteiger partial charge in [0.15, 0.2) is 5.82 Å². The van der Waals surface area contributed by atoms with Crippen LogP contribution in [0.3, 0.4) is 0 Å². The fourth-order valence-corrected chi connectivity index (χ4v) is 6.53. The Kier molecular flexibility index (Phi) is 8.21. The first-order chi connectivity index (χ1) is 24.2. The fraction of sp³-hybridized carbons (Fsp3) is 0.0222. The van der Waals surface area contributed by atoms with Crippen LogP contribution in [-0.2, 0) is 0 Å². The minimum atomic E-state index is -0.410. The summed E-state index contributed by atoms with van der Waals surface area (Å²) in [4.78, 5) is 10.3. The first kappa shape index (κ1) is 30.0. The molecule has 0 fully saturated rings. The van der Waals surface area contributed by atoms with Gasteiger partial charge in [-0.15, -0.1) is 0 Å². The molecule has 0 bridgehead atoms. The standard InChI is InChI=1S/C45H34N4/c46-43(34-23-12-4-13-24-34)42(33-21-10-3-11-22-33)44-41-36(29-38(47-44)31-17-6-1-7-18-31)27-16-28-37(41)40-30-39(32-19-8-2-9-20-32)48-45(49-40)35-25-14-5-15-26-35/h1-30,43,47H,46H2/b44-42-. The van der Waals surface area contributed by atoms with Gasteiger partial charge in [-0.25, -0.2) is 9.97 Å². The maximum absolute atomic E-state index is 7.29. The highest BCUT2D eigenvalue weighted by molar-refractivity contribution is 6.06. The molecule has 1 aromatic heterocycles. The highest BCUT2D eigenvalue weighted by Gasteiger charge is 2.28. The van der Waals surface area contributed by atoms with Crippen LogP contribution in [0, 0.1) is 0 Å². The van der Waals surface area contributed by atoms with E-state index in [1.54, 1.807) is 0 Å². The lowest BCUT2D eigenvalue weighted by Crippen LogP contribution is -2.23. The molecule has 0 saturated heterocycles. The molecule has 0 spiro atoms. The van der Waals surface area contributed by atoms with Crippen molar-refractivity contribution in [1.82, 2.24) is 15.3 Å². The first-order valence-corrected chi connectivity index (χ1v) is 16.5. The quantitative estimate of drug-likeness (QED) is 0.184. The van der Waals surface area contributed by atoms with Gasteiger partial charge in [-0.2, -0.15) is 0 Å². The Balaban J connectivity index is 1.43. The molecule has 0 amide bonds. The first-order valence-electron chi connectivity index (χ1n) is 16.5. The third kappa shape index (κ3) is 6.09. The average Bonchev–Trinajstić information content (AvgIpc) is 3.19. The Labute approximate surface area is 287 Å². The van der Waals surface area contributed by atoms with Crippen molar-refractivity contribution in [3.63, 3.8) is 0 Å². The summed E-state index contributed by atoms with van der Waals surface area (Å²) in [6.45, 7) is 0. The van der Waals surface area contributed by atoms with Crippen LogP contribution in [0.1, 0.15) is 33.9 Å². The lowest BCUT2D eigenvalue weighted by Gasteiger charge is -2.30. The molecule has 0 radical (unpaired) electrons. The number of benzene rings is 6. The molecule has 1 unspecified atom stereocenters. The second-order valence-corrected chi connectivity index (χ2v) is 12.1. The molecule has 4 nitrogen and oxygen atoms in total. The van der Waals surface area contributed by atoms with Crippen molar-refractivity contribution in [2.75, 3.05) is 0 Å². The van der Waals surface area contributed by atoms with Crippen LogP contribution < -0.4 is 11.1 Å². The number of nitrogens with two attached hydrogens (primary N) is 1. The van der Waals surface area contributed by atoms with Crippen LogP contribution in [0.4, 0.5) is 0 Å². The predicted octanol–water partition coefficient (Wildman–Crippen LogP) is 10.1. The van der Waals surface area contributed by atoms with Crippen molar-refractivity contribution in [3.8, 4) is 33.9 Å². The van der Waals surface area contributed by atoms with E-state index < -0.39 is 6.04 Å². The third-order valence-electron chi connectivity index (χ3n) is 8.92. The molecule has 234 valence electrons. The van der Waals surface area contributed by atoms with Crippen molar-refractivity contribution in [3.05, 3.63) is 204 Å². The summed E-state index contributed by atoms with van der Waals surface area (Å²) in [6, 6.07) is 59.8. The van der Waals surface area contributed by atoms with E-state index in [0.717, 1.165) is 72.9 Å². The molecule has 1 aliphatic rings. The van der Waals surface area contributed by atoms with Crippen molar-refractivity contribution in [2.24, 2.45) is 5.73 Å². The van der Waals surface area contributed by atoms with E-state index in [-0.39, 0.29) is 0 Å². The van der Waals surface area contributed by atoms with Gasteiger partial charge in [0.1, 0.15) is 0 Å². The number of nitrogens with one attached hydrogen (secondary N) is 1. The molecule has 0 aliphatic carbocycles. The summed E-state index contributed by atoms with van der Waals surface area (Å²) in [5.74, 6) is 0.675. The molecule has 1 atom stereocenters. The minimum Gasteiger partial charge on any atom is -0.354 e. The van der Waals surface area contributed by atoms with Crippen LogP contribution in [0.25, 0.3) is 56.9 Å². The van der Waals surface area contributed by atoms with E-state index in [2.05, 4.69) is 121 Å². The predicted molar refractivity (Wildman–Crippen MR) is 202 cm³/mol. The molecule has 6 aromatic carbocycles. The van der Waals surface area contributed by atoms with Gasteiger partial charge in [-0.1, -0.05) is 170 Å². The highest BCUT2D eigenvalue weighted by atomic mass is 14.9. The molecule has 1 aliphatic heterocycles. The Hall–Kier alpha value is -6.36. The number of aromatic nitrogens is 2. The maximum Gasteiger partial charge on any atom is 0.160 e. The van der Waals surface area contributed by atoms with Crippen LogP contribution in [0.2, 0.25) is 0 Å². The topological polar surface area (TPSA) is 63.8 Å². The zero-order valence-corrected chi connectivity index (χ0v) is 26.9. The van der Waals surface area contributed by atoms with Gasteiger partial charge in [0.05, 0.1) is 23.1 Å². The van der Waals surface area contributed by atoms with E-state index in [9.17, 15) is 0 Å². The zero-order chi connectivity index (χ0) is 33.0. The molecular weight excluding hydrogens is 597 g/mol. The number of fused-ring (bicyclic) bond motifs is 1. The van der Waals surface area contributed by atoms with Crippen molar-refractivity contribution < 1.29 is 0 Å². The van der Waals surface area contributed by atoms with Crippen molar-refractivity contribution in [2.45, 2.75) is 6.04 Å². The van der Waals surface area contributed by atoms with Crippen LogP contribution >= 0.6 is 0 Å². The molecular formula is C45H34N4. The van der Waals surface area contributed by atoms with Crippen LogP contribution in [0.5, 0.6) is 0 Å². The summed E-state index contributed by atoms with van der Waals surface area (Å²) in [6.07, 6.45) is 2.23. The van der Waals surface area contributed by atoms with Gasteiger partial charge >= 0.3 is 0 Å². The van der Waals surface area contributed by atoms with Crippen molar-refractivity contribution in [1.29, 1.82) is 0 Å². The smallest absolute Gasteiger partial charge is 0.160 e. The summed E-state index contributed by atoms with van der Waals surface area (Å²) >= 11 is 0.